The van der Waals surface area contributed by atoms with Gasteiger partial charge in [-0.1, -0.05) is 66.5 Å². The molecule has 7 nitrogen and oxygen atoms in total. The van der Waals surface area contributed by atoms with E-state index in [-0.39, 0.29) is 12.2 Å². The largest absolute Gasteiger partial charge is 0.490 e. The lowest BCUT2D eigenvalue weighted by Gasteiger charge is -2.24. The summed E-state index contributed by atoms with van der Waals surface area (Å²) in [6.07, 6.45) is 3.48. The van der Waals surface area contributed by atoms with Gasteiger partial charge in [0.05, 0.1) is 37.4 Å². The molecule has 0 fully saturated rings. The molecule has 2 heterocycles. The van der Waals surface area contributed by atoms with E-state index in [0.29, 0.717) is 45.3 Å². The number of hydrogen-bond donors (Lipinski definition) is 0. The van der Waals surface area contributed by atoms with Gasteiger partial charge in [-0.15, -0.1) is 0 Å². The first-order chi connectivity index (χ1) is 20.8. The van der Waals surface area contributed by atoms with Crippen LogP contribution in [-0.4, -0.2) is 23.8 Å². The molecule has 220 valence electrons. The van der Waals surface area contributed by atoms with Crippen molar-refractivity contribution in [1.82, 2.24) is 4.57 Å². The lowest BCUT2D eigenvalue weighted by atomic mass is 9.96. The third kappa shape index (κ3) is 6.76. The fourth-order valence-corrected chi connectivity index (χ4v) is 7.19. The molecule has 43 heavy (non-hydrogen) atoms. The van der Waals surface area contributed by atoms with Crippen LogP contribution in [0.2, 0.25) is 0 Å². The second-order valence-corrected chi connectivity index (χ2v) is 12.3. The summed E-state index contributed by atoms with van der Waals surface area (Å²) in [5, 5.41) is 0. The van der Waals surface area contributed by atoms with Crippen LogP contribution in [0.25, 0.3) is 6.08 Å². The highest BCUT2D eigenvalue weighted by atomic mass is 79.9. The van der Waals surface area contributed by atoms with E-state index < -0.39 is 12.0 Å². The summed E-state index contributed by atoms with van der Waals surface area (Å²) in [4.78, 5) is 32.3. The Hall–Kier alpha value is -3.73. The molecule has 0 N–H and O–H groups in total. The molecule has 1 atom stereocenters. The number of nitrogens with zero attached hydrogens (tertiary/aromatic N) is 2. The molecule has 0 saturated heterocycles. The van der Waals surface area contributed by atoms with Crippen molar-refractivity contribution in [2.24, 2.45) is 4.99 Å². The first-order valence-electron chi connectivity index (χ1n) is 13.5. The number of halogens is 2. The van der Waals surface area contributed by atoms with Crippen molar-refractivity contribution in [2.75, 3.05) is 13.2 Å². The summed E-state index contributed by atoms with van der Waals surface area (Å²) in [7, 11) is 0. The molecular formula is C33H28Br2N2O5S. The number of benzene rings is 3. The highest BCUT2D eigenvalue weighted by molar-refractivity contribution is 9.11. The highest BCUT2D eigenvalue weighted by Crippen LogP contribution is 2.36. The molecule has 0 radical (unpaired) electrons. The van der Waals surface area contributed by atoms with Gasteiger partial charge in [-0.05, 0) is 92.7 Å². The summed E-state index contributed by atoms with van der Waals surface area (Å²) < 4.78 is 20.6. The molecule has 3 aromatic carbocycles. The maximum absolute atomic E-state index is 14.0. The van der Waals surface area contributed by atoms with E-state index in [2.05, 4.69) is 43.4 Å². The summed E-state index contributed by atoms with van der Waals surface area (Å²) in [6.45, 7) is 8.18. The second kappa shape index (κ2) is 13.7. The van der Waals surface area contributed by atoms with E-state index in [1.165, 1.54) is 11.3 Å². The van der Waals surface area contributed by atoms with Gasteiger partial charge >= 0.3 is 5.97 Å². The SMILES string of the molecule is C=CCOc1ccc([C@H]2C(C(=O)OCC)=C(C)N=c3s/c(=C\c4cc(Br)c(OCc5ccccc5)c(Br)c4)c(=O)n32)cc1. The first-order valence-corrected chi connectivity index (χ1v) is 15.9. The molecule has 1 aliphatic heterocycles. The Labute approximate surface area is 269 Å². The van der Waals surface area contributed by atoms with Crippen LogP contribution in [0.3, 0.4) is 0 Å². The first kappa shape index (κ1) is 30.7. The zero-order valence-corrected chi connectivity index (χ0v) is 27.5. The molecule has 10 heteroatoms. The maximum Gasteiger partial charge on any atom is 0.338 e. The summed E-state index contributed by atoms with van der Waals surface area (Å²) >= 11 is 8.51. The van der Waals surface area contributed by atoms with Crippen LogP contribution in [0, 0.1) is 0 Å². The van der Waals surface area contributed by atoms with Crippen LogP contribution in [0.4, 0.5) is 0 Å². The number of esters is 1. The van der Waals surface area contributed by atoms with Crippen molar-refractivity contribution in [2.45, 2.75) is 26.5 Å². The summed E-state index contributed by atoms with van der Waals surface area (Å²) in [5.41, 5.74) is 3.16. The third-order valence-electron chi connectivity index (χ3n) is 6.63. The summed E-state index contributed by atoms with van der Waals surface area (Å²) in [6, 6.07) is 20.3. The van der Waals surface area contributed by atoms with Crippen molar-refractivity contribution in [1.29, 1.82) is 0 Å². The van der Waals surface area contributed by atoms with Crippen LogP contribution < -0.4 is 24.4 Å². The Bertz CT molecular complexity index is 1860. The monoisotopic (exact) mass is 722 g/mol. The molecule has 0 spiro atoms. The zero-order chi connectivity index (χ0) is 30.5. The number of carbonyl (C=O) groups is 1. The minimum atomic E-state index is -0.710. The maximum atomic E-state index is 14.0. The molecule has 4 aromatic rings. The number of hydrogen-bond acceptors (Lipinski definition) is 7. The van der Waals surface area contributed by atoms with Crippen LogP contribution >= 0.6 is 43.2 Å². The predicted molar refractivity (Wildman–Crippen MR) is 175 cm³/mol. The highest BCUT2D eigenvalue weighted by Gasteiger charge is 2.33. The van der Waals surface area contributed by atoms with Gasteiger partial charge in [0.1, 0.15) is 24.7 Å². The average molecular weight is 724 g/mol. The standard InChI is InChI=1S/C33H28Br2N2O5S/c1-4-15-41-24-13-11-23(12-14-24)29-28(32(39)40-5-2)20(3)36-33-37(29)31(38)27(43-33)18-22-16-25(34)30(26(35)17-22)42-19-21-9-7-6-8-10-21/h4,6-14,16-18,29H,1,5,15,19H2,2-3H3/b27-18-/t29-/m0/s1. The minimum absolute atomic E-state index is 0.204. The molecule has 1 aliphatic rings. The topological polar surface area (TPSA) is 79.1 Å². The van der Waals surface area contributed by atoms with E-state index in [1.54, 1.807) is 24.5 Å². The van der Waals surface area contributed by atoms with Gasteiger partial charge in [-0.25, -0.2) is 9.79 Å². The molecule has 0 amide bonds. The quantitative estimate of drug-likeness (QED) is 0.139. The van der Waals surface area contributed by atoms with Crippen LogP contribution in [-0.2, 0) is 16.1 Å². The number of thiazole rings is 1. The number of carbonyl (C=O) groups excluding carboxylic acids is 1. The van der Waals surface area contributed by atoms with Crippen molar-refractivity contribution >= 4 is 55.2 Å². The van der Waals surface area contributed by atoms with Crippen molar-refractivity contribution in [3.63, 3.8) is 0 Å². The van der Waals surface area contributed by atoms with Gasteiger partial charge in [0.25, 0.3) is 5.56 Å². The number of fused-ring (bicyclic) bond motifs is 1. The Kier molecular flexibility index (Phi) is 9.79. The van der Waals surface area contributed by atoms with E-state index in [4.69, 9.17) is 14.2 Å². The molecule has 1 aromatic heterocycles. The smallest absolute Gasteiger partial charge is 0.338 e. The summed E-state index contributed by atoms with van der Waals surface area (Å²) in [5.74, 6) is 0.813. The lowest BCUT2D eigenvalue weighted by molar-refractivity contribution is -0.139. The number of rotatable bonds is 10. The fourth-order valence-electron chi connectivity index (χ4n) is 4.69. The van der Waals surface area contributed by atoms with Gasteiger partial charge in [-0.3, -0.25) is 9.36 Å². The van der Waals surface area contributed by atoms with Gasteiger partial charge in [0, 0.05) is 0 Å². The van der Waals surface area contributed by atoms with Gasteiger partial charge in [0.15, 0.2) is 4.80 Å². The van der Waals surface area contributed by atoms with E-state index in [9.17, 15) is 9.59 Å². The van der Waals surface area contributed by atoms with Gasteiger partial charge in [0.2, 0.25) is 0 Å². The van der Waals surface area contributed by atoms with Crippen molar-refractivity contribution < 1.29 is 19.0 Å². The Morgan fingerprint density at radius 1 is 1.07 bits per heavy atom. The van der Waals surface area contributed by atoms with Gasteiger partial charge in [-0.2, -0.15) is 0 Å². The Balaban J connectivity index is 1.55. The number of aromatic nitrogens is 1. The van der Waals surface area contributed by atoms with E-state index >= 15 is 0 Å². The number of ether oxygens (including phenoxy) is 3. The normalized spacial score (nSPS) is 14.6. The molecule has 0 saturated carbocycles. The molecule has 0 aliphatic carbocycles. The molecule has 0 bridgehead atoms. The van der Waals surface area contributed by atoms with E-state index in [0.717, 1.165) is 25.6 Å². The van der Waals surface area contributed by atoms with Crippen molar-refractivity contribution in [3.05, 3.63) is 136 Å². The Morgan fingerprint density at radius 2 is 1.77 bits per heavy atom. The zero-order valence-electron chi connectivity index (χ0n) is 23.5. The fraction of sp³-hybridized carbons (Fsp3) is 0.182. The van der Waals surface area contributed by atoms with E-state index in [1.807, 2.05) is 72.8 Å². The third-order valence-corrected chi connectivity index (χ3v) is 8.79. The Morgan fingerprint density at radius 3 is 2.42 bits per heavy atom. The molecule has 5 rings (SSSR count). The second-order valence-electron chi connectivity index (χ2n) is 9.56. The number of allylic oxidation sites excluding steroid dienone is 1. The van der Waals surface area contributed by atoms with Crippen LogP contribution in [0.1, 0.15) is 36.6 Å². The molecule has 0 unspecified atom stereocenters. The van der Waals surface area contributed by atoms with Gasteiger partial charge < -0.3 is 14.2 Å². The molecular weight excluding hydrogens is 696 g/mol. The average Bonchev–Trinajstić information content (AvgIpc) is 3.29. The van der Waals surface area contributed by atoms with Crippen molar-refractivity contribution in [3.8, 4) is 11.5 Å². The minimum Gasteiger partial charge on any atom is -0.490 e. The van der Waals surface area contributed by atoms with Crippen LogP contribution in [0.5, 0.6) is 11.5 Å². The predicted octanol–water partition coefficient (Wildman–Crippen LogP) is 6.47. The lowest BCUT2D eigenvalue weighted by Crippen LogP contribution is -2.39. The van der Waals surface area contributed by atoms with Crippen LogP contribution in [0.15, 0.2) is 109 Å².